The summed E-state index contributed by atoms with van der Waals surface area (Å²) in [5.41, 5.74) is 16.6. The van der Waals surface area contributed by atoms with Crippen LogP contribution in [-0.4, -0.2) is 4.57 Å². The Morgan fingerprint density at radius 1 is 0.271 bits per heavy atom. The highest BCUT2D eigenvalue weighted by Gasteiger charge is 2.19. The maximum atomic E-state index is 2.40. The number of fused-ring (bicyclic) bond motifs is 9. The van der Waals surface area contributed by atoms with Crippen molar-refractivity contribution >= 4 is 102 Å². The molecule has 0 bridgehead atoms. The Morgan fingerprint density at radius 3 is 1.14 bits per heavy atom. The van der Waals surface area contributed by atoms with Crippen LogP contribution in [0, 0.1) is 0 Å². The van der Waals surface area contributed by atoms with Gasteiger partial charge in [-0.1, -0.05) is 170 Å². The molecule has 3 aromatic heterocycles. The number of hydrogen-bond donors (Lipinski definition) is 0. The van der Waals surface area contributed by atoms with Crippen LogP contribution in [0.1, 0.15) is 0 Å². The maximum Gasteiger partial charge on any atom is 0.0541 e. The molecule has 0 radical (unpaired) electrons. The van der Waals surface area contributed by atoms with Gasteiger partial charge >= 0.3 is 0 Å². The minimum atomic E-state index is 1.09. The van der Waals surface area contributed by atoms with Crippen molar-refractivity contribution in [1.82, 2.24) is 4.57 Å². The van der Waals surface area contributed by atoms with E-state index in [0.29, 0.717) is 0 Å². The monoisotopic (exact) mass is 926 g/mol. The molecule has 0 aliphatic heterocycles. The van der Waals surface area contributed by atoms with Crippen LogP contribution < -0.4 is 4.90 Å². The predicted molar refractivity (Wildman–Crippen MR) is 303 cm³/mol. The Balaban J connectivity index is 0.867. The predicted octanol–water partition coefficient (Wildman–Crippen LogP) is 19.7. The summed E-state index contributed by atoms with van der Waals surface area (Å²) in [6.07, 6.45) is 0. The van der Waals surface area contributed by atoms with E-state index in [4.69, 9.17) is 0 Å². The molecule has 70 heavy (non-hydrogen) atoms. The van der Waals surface area contributed by atoms with Crippen molar-refractivity contribution in [2.45, 2.75) is 0 Å². The van der Waals surface area contributed by atoms with E-state index in [0.717, 1.165) is 22.7 Å². The standard InChI is InChI=1S/C66H42N2S2/c1-3-13-43(14-4-1)47-31-39-61-59(41-47)60-42-48(32-40-62(60)68(61)49-15-5-2-6-16-49)44-25-33-50(34-26-44)67(51-35-27-45(28-36-51)53-19-11-21-57-55-17-7-9-23-63(55)69-65(53)57)52-37-29-46(30-38-52)54-20-12-22-58-56-18-8-10-24-64(56)70-66(54)58/h1-42H. The van der Waals surface area contributed by atoms with Crippen LogP contribution in [0.2, 0.25) is 0 Å². The van der Waals surface area contributed by atoms with Gasteiger partial charge in [-0.2, -0.15) is 0 Å². The topological polar surface area (TPSA) is 8.17 Å². The minimum Gasteiger partial charge on any atom is -0.311 e. The molecule has 2 nitrogen and oxygen atoms in total. The van der Waals surface area contributed by atoms with Crippen molar-refractivity contribution in [2.75, 3.05) is 4.90 Å². The van der Waals surface area contributed by atoms with Crippen molar-refractivity contribution in [3.05, 3.63) is 255 Å². The zero-order chi connectivity index (χ0) is 46.1. The maximum absolute atomic E-state index is 2.40. The third-order valence-electron chi connectivity index (χ3n) is 14.0. The van der Waals surface area contributed by atoms with E-state index < -0.39 is 0 Å². The average Bonchev–Trinajstić information content (AvgIpc) is 4.12. The molecule has 0 spiro atoms. The Morgan fingerprint density at radius 2 is 0.657 bits per heavy atom. The largest absolute Gasteiger partial charge is 0.311 e. The van der Waals surface area contributed by atoms with Gasteiger partial charge in [-0.15, -0.1) is 22.7 Å². The first kappa shape index (κ1) is 40.5. The van der Waals surface area contributed by atoms with Gasteiger partial charge in [0.2, 0.25) is 0 Å². The lowest BCUT2D eigenvalue weighted by molar-refractivity contribution is 1.18. The summed E-state index contributed by atoms with van der Waals surface area (Å²) in [6, 6.07) is 93.5. The fourth-order valence-electron chi connectivity index (χ4n) is 10.6. The molecule has 14 rings (SSSR count). The van der Waals surface area contributed by atoms with Crippen molar-refractivity contribution in [3.63, 3.8) is 0 Å². The second-order valence-corrected chi connectivity index (χ2v) is 20.1. The molecule has 4 heteroatoms. The molecule has 11 aromatic carbocycles. The summed E-state index contributed by atoms with van der Waals surface area (Å²) in [5.74, 6) is 0. The fraction of sp³-hybridized carbons (Fsp3) is 0. The highest BCUT2D eigenvalue weighted by atomic mass is 32.1. The highest BCUT2D eigenvalue weighted by molar-refractivity contribution is 7.26. The number of para-hydroxylation sites is 1. The molecule has 0 saturated heterocycles. The molecule has 0 atom stereocenters. The third-order valence-corrected chi connectivity index (χ3v) is 16.5. The van der Waals surface area contributed by atoms with Crippen molar-refractivity contribution < 1.29 is 0 Å². The molecule has 0 amide bonds. The van der Waals surface area contributed by atoms with E-state index in [9.17, 15) is 0 Å². The van der Waals surface area contributed by atoms with E-state index in [1.807, 2.05) is 22.7 Å². The van der Waals surface area contributed by atoms with Crippen LogP contribution >= 0.6 is 22.7 Å². The van der Waals surface area contributed by atoms with Gasteiger partial charge in [0.1, 0.15) is 0 Å². The normalized spacial score (nSPS) is 11.7. The summed E-state index contributed by atoms with van der Waals surface area (Å²) in [5, 5.41) is 7.74. The average molecular weight is 927 g/mol. The van der Waals surface area contributed by atoms with Gasteiger partial charge in [-0.05, 0) is 129 Å². The number of nitrogens with zero attached hydrogens (tertiary/aromatic N) is 2. The van der Waals surface area contributed by atoms with Crippen LogP contribution in [0.4, 0.5) is 17.1 Å². The second-order valence-electron chi connectivity index (χ2n) is 18.0. The van der Waals surface area contributed by atoms with Crippen molar-refractivity contribution in [1.29, 1.82) is 0 Å². The van der Waals surface area contributed by atoms with Gasteiger partial charge in [0.15, 0.2) is 0 Å². The van der Waals surface area contributed by atoms with Crippen LogP contribution in [-0.2, 0) is 0 Å². The van der Waals surface area contributed by atoms with Gasteiger partial charge in [0, 0.05) is 73.9 Å². The second kappa shape index (κ2) is 16.6. The summed E-state index contributed by atoms with van der Waals surface area (Å²) >= 11 is 3.75. The highest BCUT2D eigenvalue weighted by Crippen LogP contribution is 2.44. The lowest BCUT2D eigenvalue weighted by atomic mass is 9.99. The minimum absolute atomic E-state index is 1.09. The van der Waals surface area contributed by atoms with Gasteiger partial charge < -0.3 is 9.47 Å². The Kier molecular flexibility index (Phi) is 9.61. The molecule has 328 valence electrons. The van der Waals surface area contributed by atoms with Crippen molar-refractivity contribution in [2.24, 2.45) is 0 Å². The first-order chi connectivity index (χ1) is 34.7. The lowest BCUT2D eigenvalue weighted by Crippen LogP contribution is -2.09. The van der Waals surface area contributed by atoms with E-state index in [1.54, 1.807) is 0 Å². The van der Waals surface area contributed by atoms with E-state index in [1.165, 1.54) is 107 Å². The number of thiophene rings is 2. The van der Waals surface area contributed by atoms with Gasteiger partial charge in [-0.3, -0.25) is 0 Å². The molecule has 0 aliphatic rings. The van der Waals surface area contributed by atoms with Gasteiger partial charge in [0.05, 0.1) is 11.0 Å². The molecule has 14 aromatic rings. The summed E-state index contributed by atoms with van der Waals surface area (Å²) in [4.78, 5) is 2.39. The Labute approximate surface area is 413 Å². The SMILES string of the molecule is c1ccc(-c2ccc3c(c2)c2cc(-c4ccc(N(c5ccc(-c6cccc7c6sc6ccccc67)cc5)c5ccc(-c6cccc7c6sc6ccccc67)cc5)cc4)ccc2n3-c2ccccc2)cc1. The summed E-state index contributed by atoms with van der Waals surface area (Å²) in [7, 11) is 0. The zero-order valence-corrected chi connectivity index (χ0v) is 39.6. The Bertz CT molecular complexity index is 4100. The van der Waals surface area contributed by atoms with Crippen LogP contribution in [0.15, 0.2) is 255 Å². The molecule has 3 heterocycles. The summed E-state index contributed by atoms with van der Waals surface area (Å²) < 4.78 is 7.69. The molecule has 0 fully saturated rings. The van der Waals surface area contributed by atoms with E-state index >= 15 is 0 Å². The molecule has 0 saturated carbocycles. The molecule has 0 aliphatic carbocycles. The number of hydrogen-bond acceptors (Lipinski definition) is 3. The quantitative estimate of drug-likeness (QED) is 0.147. The zero-order valence-electron chi connectivity index (χ0n) is 38.0. The van der Waals surface area contributed by atoms with E-state index in [-0.39, 0.29) is 0 Å². The third kappa shape index (κ3) is 6.75. The number of anilines is 3. The van der Waals surface area contributed by atoms with Crippen LogP contribution in [0.3, 0.4) is 0 Å². The summed E-state index contributed by atoms with van der Waals surface area (Å²) in [6.45, 7) is 0. The smallest absolute Gasteiger partial charge is 0.0541 e. The fourth-order valence-corrected chi connectivity index (χ4v) is 13.1. The lowest BCUT2D eigenvalue weighted by Gasteiger charge is -2.26. The van der Waals surface area contributed by atoms with Crippen LogP contribution in [0.25, 0.3) is 112 Å². The number of aromatic nitrogens is 1. The van der Waals surface area contributed by atoms with Crippen LogP contribution in [0.5, 0.6) is 0 Å². The number of rotatable bonds is 8. The molecular formula is C66H42N2S2. The van der Waals surface area contributed by atoms with Gasteiger partial charge in [-0.25, -0.2) is 0 Å². The molecule has 0 N–H and O–H groups in total. The first-order valence-electron chi connectivity index (χ1n) is 23.8. The number of benzene rings is 11. The first-order valence-corrected chi connectivity index (χ1v) is 25.4. The van der Waals surface area contributed by atoms with Crippen molar-refractivity contribution in [3.8, 4) is 50.2 Å². The molecule has 0 unspecified atom stereocenters. The van der Waals surface area contributed by atoms with E-state index in [2.05, 4.69) is 264 Å². The Hall–Kier alpha value is -8.54. The molecular weight excluding hydrogens is 885 g/mol. The van der Waals surface area contributed by atoms with Gasteiger partial charge in [0.25, 0.3) is 0 Å².